The topological polar surface area (TPSA) is 63.1 Å². The van der Waals surface area contributed by atoms with E-state index in [-0.39, 0.29) is 17.9 Å². The second-order valence-corrected chi connectivity index (χ2v) is 8.28. The number of pyridine rings is 1. The minimum Gasteiger partial charge on any atom is -0.350 e. The van der Waals surface area contributed by atoms with Gasteiger partial charge in [-0.15, -0.1) is 0 Å². The molecule has 29 heavy (non-hydrogen) atoms. The highest BCUT2D eigenvalue weighted by Crippen LogP contribution is 2.27. The predicted molar refractivity (Wildman–Crippen MR) is 118 cm³/mol. The Labute approximate surface area is 176 Å². The van der Waals surface area contributed by atoms with Crippen LogP contribution in [0.15, 0.2) is 30.3 Å². The number of likely N-dealkylation sites (N-methyl/N-ethyl adjacent to an activating group) is 1. The van der Waals surface area contributed by atoms with Gasteiger partial charge < -0.3 is 10.2 Å². The van der Waals surface area contributed by atoms with Crippen molar-refractivity contribution in [3.05, 3.63) is 57.9 Å². The van der Waals surface area contributed by atoms with Crippen molar-refractivity contribution in [2.24, 2.45) is 7.05 Å². The molecule has 2 heterocycles. The molecule has 0 bridgehead atoms. The summed E-state index contributed by atoms with van der Waals surface area (Å²) in [6.45, 7) is 6.48. The van der Waals surface area contributed by atoms with Crippen LogP contribution in [0.5, 0.6) is 0 Å². The predicted octanol–water partition coefficient (Wildman–Crippen LogP) is 4.09. The van der Waals surface area contributed by atoms with Crippen LogP contribution in [0.1, 0.15) is 53.1 Å². The number of carbonyl (C=O) groups excluding carboxylic acids is 1. The quantitative estimate of drug-likeness (QED) is 0.661. The molecule has 1 amide bonds. The van der Waals surface area contributed by atoms with Crippen molar-refractivity contribution < 1.29 is 4.79 Å². The summed E-state index contributed by atoms with van der Waals surface area (Å²) in [5.41, 5.74) is 4.00. The van der Waals surface area contributed by atoms with Crippen molar-refractivity contribution in [2.75, 3.05) is 20.6 Å². The zero-order valence-corrected chi connectivity index (χ0v) is 18.6. The van der Waals surface area contributed by atoms with Crippen molar-refractivity contribution in [3.8, 4) is 0 Å². The second kappa shape index (κ2) is 8.51. The van der Waals surface area contributed by atoms with Crippen LogP contribution in [0.2, 0.25) is 5.02 Å². The number of nitrogens with one attached hydrogen (secondary N) is 1. The average molecular weight is 414 g/mol. The van der Waals surface area contributed by atoms with Crippen LogP contribution in [-0.4, -0.2) is 46.2 Å². The summed E-state index contributed by atoms with van der Waals surface area (Å²) in [7, 11) is 5.81. The average Bonchev–Trinajstić information content (AvgIpc) is 2.96. The number of carbonyl (C=O) groups is 1. The third kappa shape index (κ3) is 4.28. The Morgan fingerprint density at radius 2 is 1.97 bits per heavy atom. The molecule has 1 atom stereocenters. The highest BCUT2D eigenvalue weighted by Gasteiger charge is 2.22. The van der Waals surface area contributed by atoms with Crippen LogP contribution < -0.4 is 5.32 Å². The molecule has 3 rings (SSSR count). The highest BCUT2D eigenvalue weighted by molar-refractivity contribution is 6.31. The minimum absolute atomic E-state index is 0.0375. The Morgan fingerprint density at radius 1 is 1.28 bits per heavy atom. The smallest absolute Gasteiger partial charge is 0.252 e. The van der Waals surface area contributed by atoms with Crippen molar-refractivity contribution in [1.29, 1.82) is 0 Å². The van der Waals surface area contributed by atoms with Gasteiger partial charge in [-0.05, 0) is 44.6 Å². The Hall–Kier alpha value is -2.44. The Bertz CT molecular complexity index is 1040. The molecule has 3 aromatic rings. The molecule has 0 saturated heterocycles. The zero-order chi connectivity index (χ0) is 21.3. The van der Waals surface area contributed by atoms with Gasteiger partial charge in [-0.3, -0.25) is 9.48 Å². The summed E-state index contributed by atoms with van der Waals surface area (Å²) >= 11 is 6.39. The molecule has 0 radical (unpaired) electrons. The summed E-state index contributed by atoms with van der Waals surface area (Å²) < 4.78 is 1.74. The van der Waals surface area contributed by atoms with Crippen LogP contribution in [0.3, 0.4) is 0 Å². The maximum absolute atomic E-state index is 13.2. The SMILES string of the molecule is Cc1nn(C)c2nc(C(C)C)cc(C(=O)NC[C@@H](c3ccccc3Cl)N(C)C)c12. The molecule has 6 nitrogen and oxygen atoms in total. The normalized spacial score (nSPS) is 12.7. The fourth-order valence-corrected chi connectivity index (χ4v) is 3.80. The molecular formula is C22H28ClN5O. The van der Waals surface area contributed by atoms with Crippen LogP contribution in [-0.2, 0) is 7.05 Å². The van der Waals surface area contributed by atoms with E-state index in [1.165, 1.54) is 0 Å². The molecule has 0 aliphatic heterocycles. The van der Waals surface area contributed by atoms with E-state index in [1.807, 2.05) is 58.4 Å². The number of aromatic nitrogens is 3. The van der Waals surface area contributed by atoms with E-state index in [0.717, 1.165) is 28.0 Å². The number of rotatable bonds is 6. The van der Waals surface area contributed by atoms with Gasteiger partial charge in [0.2, 0.25) is 0 Å². The third-order valence-corrected chi connectivity index (χ3v) is 5.51. The summed E-state index contributed by atoms with van der Waals surface area (Å²) in [6, 6.07) is 9.58. The molecule has 154 valence electrons. The van der Waals surface area contributed by atoms with Crippen molar-refractivity contribution in [3.63, 3.8) is 0 Å². The number of hydrogen-bond donors (Lipinski definition) is 1. The number of nitrogens with zero attached hydrogens (tertiary/aromatic N) is 4. The largest absolute Gasteiger partial charge is 0.350 e. The van der Waals surface area contributed by atoms with Crippen LogP contribution in [0.25, 0.3) is 11.0 Å². The van der Waals surface area contributed by atoms with E-state index >= 15 is 0 Å². The molecule has 0 aliphatic rings. The molecule has 2 aromatic heterocycles. The first-order chi connectivity index (χ1) is 13.7. The van der Waals surface area contributed by atoms with E-state index in [1.54, 1.807) is 4.68 Å². The highest BCUT2D eigenvalue weighted by atomic mass is 35.5. The number of hydrogen-bond acceptors (Lipinski definition) is 4. The molecule has 0 saturated carbocycles. The summed E-state index contributed by atoms with van der Waals surface area (Å²) in [4.78, 5) is 20.0. The fourth-order valence-electron chi connectivity index (χ4n) is 3.54. The molecule has 7 heteroatoms. The number of benzene rings is 1. The minimum atomic E-state index is -0.130. The first-order valence-corrected chi connectivity index (χ1v) is 10.1. The lowest BCUT2D eigenvalue weighted by Gasteiger charge is -2.26. The van der Waals surface area contributed by atoms with Gasteiger partial charge in [0.15, 0.2) is 5.65 Å². The standard InChI is InChI=1S/C22H28ClN5O/c1-13(2)18-11-16(20-14(3)26-28(6)21(20)25-18)22(29)24-12-19(27(4)5)15-9-7-8-10-17(15)23/h7-11,13,19H,12H2,1-6H3,(H,24,29)/t19-/m0/s1. The van der Waals surface area contributed by atoms with Gasteiger partial charge in [0.25, 0.3) is 5.91 Å². The summed E-state index contributed by atoms with van der Waals surface area (Å²) in [6.07, 6.45) is 0. The van der Waals surface area contributed by atoms with Crippen LogP contribution in [0.4, 0.5) is 0 Å². The number of amides is 1. The molecule has 1 aromatic carbocycles. The van der Waals surface area contributed by atoms with Crippen molar-refractivity contribution >= 4 is 28.5 Å². The maximum atomic E-state index is 13.2. The van der Waals surface area contributed by atoms with Gasteiger partial charge in [0, 0.05) is 24.3 Å². The fraction of sp³-hybridized carbons (Fsp3) is 0.409. The van der Waals surface area contributed by atoms with Gasteiger partial charge in [0.1, 0.15) is 0 Å². The third-order valence-electron chi connectivity index (χ3n) is 5.17. The van der Waals surface area contributed by atoms with E-state index < -0.39 is 0 Å². The maximum Gasteiger partial charge on any atom is 0.252 e. The Kier molecular flexibility index (Phi) is 6.24. The summed E-state index contributed by atoms with van der Waals surface area (Å²) in [5.74, 6) is 0.0770. The Morgan fingerprint density at radius 3 is 2.59 bits per heavy atom. The van der Waals surface area contributed by atoms with Gasteiger partial charge in [-0.2, -0.15) is 5.10 Å². The van der Waals surface area contributed by atoms with E-state index in [9.17, 15) is 4.79 Å². The van der Waals surface area contributed by atoms with E-state index in [0.29, 0.717) is 17.1 Å². The number of fused-ring (bicyclic) bond motifs is 1. The monoisotopic (exact) mass is 413 g/mol. The Balaban J connectivity index is 1.94. The van der Waals surface area contributed by atoms with Crippen LogP contribution >= 0.6 is 11.6 Å². The number of halogens is 1. The first kappa shape index (κ1) is 21.3. The van der Waals surface area contributed by atoms with Gasteiger partial charge in [-0.1, -0.05) is 43.6 Å². The molecule has 0 aliphatic carbocycles. The van der Waals surface area contributed by atoms with Crippen molar-refractivity contribution in [1.82, 2.24) is 25.0 Å². The molecular weight excluding hydrogens is 386 g/mol. The van der Waals surface area contributed by atoms with Gasteiger partial charge in [-0.25, -0.2) is 4.98 Å². The lowest BCUT2D eigenvalue weighted by Crippen LogP contribution is -2.35. The van der Waals surface area contributed by atoms with E-state index in [2.05, 4.69) is 29.2 Å². The zero-order valence-electron chi connectivity index (χ0n) is 17.8. The van der Waals surface area contributed by atoms with Crippen molar-refractivity contribution in [2.45, 2.75) is 32.7 Å². The second-order valence-electron chi connectivity index (χ2n) is 7.87. The lowest BCUT2D eigenvalue weighted by atomic mass is 10.0. The van der Waals surface area contributed by atoms with E-state index in [4.69, 9.17) is 16.6 Å². The molecule has 0 unspecified atom stereocenters. The van der Waals surface area contributed by atoms with Crippen LogP contribution in [0, 0.1) is 6.92 Å². The lowest BCUT2D eigenvalue weighted by molar-refractivity contribution is 0.0943. The van der Waals surface area contributed by atoms with Gasteiger partial charge in [0.05, 0.1) is 22.7 Å². The summed E-state index contributed by atoms with van der Waals surface area (Å²) in [5, 5.41) is 9.05. The molecule has 1 N–H and O–H groups in total. The number of aryl methyl sites for hydroxylation is 2. The molecule has 0 spiro atoms. The first-order valence-electron chi connectivity index (χ1n) is 9.74. The van der Waals surface area contributed by atoms with Gasteiger partial charge >= 0.3 is 0 Å². The molecule has 0 fully saturated rings.